The van der Waals surface area contributed by atoms with Crippen molar-refractivity contribution in [1.82, 2.24) is 16.0 Å². The summed E-state index contributed by atoms with van der Waals surface area (Å²) in [5.41, 5.74) is 0. The molecule has 0 saturated carbocycles. The molecule has 19 heavy (non-hydrogen) atoms. The number of carbonyl (C=O) groups is 2. The lowest BCUT2D eigenvalue weighted by molar-refractivity contribution is -0.124. The molecule has 2 heterocycles. The van der Waals surface area contributed by atoms with Crippen molar-refractivity contribution in [2.45, 2.75) is 12.8 Å². The monoisotopic (exact) mass is 281 g/mol. The number of hydrogen-bond donors (Lipinski definition) is 3. The molecule has 0 bridgehead atoms. The summed E-state index contributed by atoms with van der Waals surface area (Å²) in [6.07, 6.45) is 1.67. The molecule has 1 aliphatic heterocycles. The van der Waals surface area contributed by atoms with E-state index in [-0.39, 0.29) is 17.7 Å². The zero-order chi connectivity index (χ0) is 13.5. The molecule has 0 radical (unpaired) electrons. The lowest BCUT2D eigenvalue weighted by Crippen LogP contribution is -2.34. The Labute approximate surface area is 116 Å². The smallest absolute Gasteiger partial charge is 0.261 e. The molecule has 6 heteroatoms. The van der Waals surface area contributed by atoms with E-state index in [1.165, 1.54) is 11.3 Å². The fourth-order valence-electron chi connectivity index (χ4n) is 2.02. The van der Waals surface area contributed by atoms with E-state index in [0.717, 1.165) is 30.8 Å². The van der Waals surface area contributed by atoms with Crippen LogP contribution in [-0.2, 0) is 4.79 Å². The molecule has 1 aliphatic rings. The van der Waals surface area contributed by atoms with E-state index in [1.807, 2.05) is 11.4 Å². The zero-order valence-electron chi connectivity index (χ0n) is 10.8. The summed E-state index contributed by atoms with van der Waals surface area (Å²) in [6, 6.07) is 3.66. The van der Waals surface area contributed by atoms with E-state index in [4.69, 9.17) is 0 Å². The highest BCUT2D eigenvalue weighted by Gasteiger charge is 2.21. The molecule has 1 aromatic rings. The Balaban J connectivity index is 1.54. The average molecular weight is 281 g/mol. The quantitative estimate of drug-likeness (QED) is 0.669. The zero-order valence-corrected chi connectivity index (χ0v) is 11.6. The molecule has 3 N–H and O–H groups in total. The Morgan fingerprint density at radius 3 is 2.89 bits per heavy atom. The van der Waals surface area contributed by atoms with Crippen LogP contribution in [0.5, 0.6) is 0 Å². The number of amides is 2. The van der Waals surface area contributed by atoms with Crippen molar-refractivity contribution >= 4 is 23.2 Å². The van der Waals surface area contributed by atoms with Crippen molar-refractivity contribution in [1.29, 1.82) is 0 Å². The third kappa shape index (κ3) is 4.33. The van der Waals surface area contributed by atoms with Crippen molar-refractivity contribution in [2.75, 3.05) is 26.2 Å². The predicted molar refractivity (Wildman–Crippen MR) is 75.3 cm³/mol. The van der Waals surface area contributed by atoms with Crippen LogP contribution in [0.25, 0.3) is 0 Å². The molecule has 5 nitrogen and oxygen atoms in total. The first-order valence-electron chi connectivity index (χ1n) is 6.57. The summed E-state index contributed by atoms with van der Waals surface area (Å²) in [4.78, 5) is 24.0. The fourth-order valence-corrected chi connectivity index (χ4v) is 2.66. The number of thiophene rings is 1. The molecule has 1 aromatic heterocycles. The van der Waals surface area contributed by atoms with Gasteiger partial charge in [0.25, 0.3) is 5.91 Å². The van der Waals surface area contributed by atoms with Gasteiger partial charge < -0.3 is 16.0 Å². The highest BCUT2D eigenvalue weighted by molar-refractivity contribution is 7.12. The van der Waals surface area contributed by atoms with E-state index in [0.29, 0.717) is 13.1 Å². The minimum absolute atomic E-state index is 0.0404. The second-order valence-electron chi connectivity index (χ2n) is 4.57. The summed E-state index contributed by atoms with van der Waals surface area (Å²) in [5.74, 6) is 0.191. The molecular weight excluding hydrogens is 262 g/mol. The molecular formula is C13H19N3O2S. The Hall–Kier alpha value is -1.40. The summed E-state index contributed by atoms with van der Waals surface area (Å²) < 4.78 is 0. The van der Waals surface area contributed by atoms with Crippen molar-refractivity contribution in [3.8, 4) is 0 Å². The van der Waals surface area contributed by atoms with Gasteiger partial charge >= 0.3 is 0 Å². The first-order chi connectivity index (χ1) is 9.27. The van der Waals surface area contributed by atoms with Crippen molar-refractivity contribution in [2.24, 2.45) is 5.92 Å². The van der Waals surface area contributed by atoms with E-state index in [2.05, 4.69) is 16.0 Å². The topological polar surface area (TPSA) is 70.2 Å². The van der Waals surface area contributed by atoms with E-state index in [1.54, 1.807) is 6.07 Å². The Morgan fingerprint density at radius 1 is 1.37 bits per heavy atom. The number of carbonyl (C=O) groups excluding carboxylic acids is 2. The highest BCUT2D eigenvalue weighted by atomic mass is 32.1. The molecule has 0 spiro atoms. The molecule has 1 atom stereocenters. The van der Waals surface area contributed by atoms with Gasteiger partial charge in [-0.25, -0.2) is 0 Å². The van der Waals surface area contributed by atoms with Crippen LogP contribution in [0, 0.1) is 5.92 Å². The normalized spacial score (nSPS) is 18.2. The predicted octanol–water partition coefficient (Wildman–Crippen LogP) is 0.594. The van der Waals surface area contributed by atoms with Gasteiger partial charge in [0, 0.05) is 19.6 Å². The van der Waals surface area contributed by atoms with Gasteiger partial charge in [-0.05, 0) is 30.8 Å². The van der Waals surface area contributed by atoms with Gasteiger partial charge in [0.2, 0.25) is 5.91 Å². The summed E-state index contributed by atoms with van der Waals surface area (Å²) in [5, 5.41) is 10.8. The standard InChI is InChI=1S/C13H19N3O2S/c17-12(10-4-7-14-9-10)15-5-2-6-16-13(18)11-3-1-8-19-11/h1,3,8,10,14H,2,4-7,9H2,(H,15,17)(H,16,18). The van der Waals surface area contributed by atoms with Crippen LogP contribution < -0.4 is 16.0 Å². The van der Waals surface area contributed by atoms with Crippen LogP contribution in [0.15, 0.2) is 17.5 Å². The third-order valence-corrected chi connectivity index (χ3v) is 3.98. The van der Waals surface area contributed by atoms with Crippen LogP contribution in [-0.4, -0.2) is 38.0 Å². The van der Waals surface area contributed by atoms with Gasteiger partial charge in [-0.15, -0.1) is 11.3 Å². The van der Waals surface area contributed by atoms with Crippen LogP contribution in [0.3, 0.4) is 0 Å². The second kappa shape index (κ2) is 7.25. The maximum absolute atomic E-state index is 11.7. The number of nitrogens with one attached hydrogen (secondary N) is 3. The molecule has 1 fully saturated rings. The first-order valence-corrected chi connectivity index (χ1v) is 7.45. The number of rotatable bonds is 6. The largest absolute Gasteiger partial charge is 0.356 e. The molecule has 0 aromatic carbocycles. The summed E-state index contributed by atoms with van der Waals surface area (Å²) in [7, 11) is 0. The van der Waals surface area contributed by atoms with Gasteiger partial charge in [0.15, 0.2) is 0 Å². The van der Waals surface area contributed by atoms with Crippen LogP contribution in [0.2, 0.25) is 0 Å². The second-order valence-corrected chi connectivity index (χ2v) is 5.52. The maximum Gasteiger partial charge on any atom is 0.261 e. The van der Waals surface area contributed by atoms with Gasteiger partial charge in [0.1, 0.15) is 0 Å². The van der Waals surface area contributed by atoms with Gasteiger partial charge in [0.05, 0.1) is 10.8 Å². The highest BCUT2D eigenvalue weighted by Crippen LogP contribution is 2.08. The van der Waals surface area contributed by atoms with Crippen molar-refractivity contribution < 1.29 is 9.59 Å². The summed E-state index contributed by atoms with van der Waals surface area (Å²) in [6.45, 7) is 2.90. The van der Waals surface area contributed by atoms with E-state index < -0.39 is 0 Å². The Morgan fingerprint density at radius 2 is 2.21 bits per heavy atom. The maximum atomic E-state index is 11.7. The molecule has 104 valence electrons. The lowest BCUT2D eigenvalue weighted by Gasteiger charge is -2.09. The van der Waals surface area contributed by atoms with Crippen molar-refractivity contribution in [3.05, 3.63) is 22.4 Å². The molecule has 2 rings (SSSR count). The minimum atomic E-state index is -0.0404. The van der Waals surface area contributed by atoms with Crippen LogP contribution >= 0.6 is 11.3 Å². The Kier molecular flexibility index (Phi) is 5.35. The molecule has 2 amide bonds. The van der Waals surface area contributed by atoms with Crippen LogP contribution in [0.4, 0.5) is 0 Å². The van der Waals surface area contributed by atoms with Crippen molar-refractivity contribution in [3.63, 3.8) is 0 Å². The van der Waals surface area contributed by atoms with Gasteiger partial charge in [-0.3, -0.25) is 9.59 Å². The van der Waals surface area contributed by atoms with E-state index >= 15 is 0 Å². The third-order valence-electron chi connectivity index (χ3n) is 3.11. The first kappa shape index (κ1) is 14.0. The number of hydrogen-bond acceptors (Lipinski definition) is 4. The van der Waals surface area contributed by atoms with Gasteiger partial charge in [-0.2, -0.15) is 0 Å². The Bertz CT molecular complexity index is 414. The van der Waals surface area contributed by atoms with Gasteiger partial charge in [-0.1, -0.05) is 6.07 Å². The van der Waals surface area contributed by atoms with E-state index in [9.17, 15) is 9.59 Å². The fraction of sp³-hybridized carbons (Fsp3) is 0.538. The minimum Gasteiger partial charge on any atom is -0.356 e. The lowest BCUT2D eigenvalue weighted by atomic mass is 10.1. The molecule has 1 saturated heterocycles. The summed E-state index contributed by atoms with van der Waals surface area (Å²) >= 11 is 1.43. The molecule has 0 aliphatic carbocycles. The molecule has 1 unspecified atom stereocenters. The average Bonchev–Trinajstić information content (AvgIpc) is 3.10. The van der Waals surface area contributed by atoms with Crippen LogP contribution in [0.1, 0.15) is 22.5 Å². The SMILES string of the molecule is O=C(NCCCNC(=O)C1CCNC1)c1cccs1.